The number of anilines is 1. The molecule has 22 heavy (non-hydrogen) atoms. The highest BCUT2D eigenvalue weighted by Gasteiger charge is 2.22. The quantitative estimate of drug-likeness (QED) is 0.858. The molecule has 1 atom stereocenters. The Morgan fingerprint density at radius 1 is 1.36 bits per heavy atom. The first-order valence-corrected chi connectivity index (χ1v) is 8.85. The molecular weight excluding hydrogens is 351 g/mol. The predicted molar refractivity (Wildman–Crippen MR) is 84.1 cm³/mol. The number of benzene rings is 1. The van der Waals surface area contributed by atoms with Crippen LogP contribution in [0, 0.1) is 5.82 Å². The fraction of sp³-hybridized carbons (Fsp3) is 0.154. The number of amides is 1. The van der Waals surface area contributed by atoms with Gasteiger partial charge in [-0.2, -0.15) is 4.72 Å². The van der Waals surface area contributed by atoms with Crippen LogP contribution in [0.15, 0.2) is 39.9 Å². The Labute approximate surface area is 136 Å². The molecule has 0 saturated heterocycles. The highest BCUT2D eigenvalue weighted by atomic mass is 35.5. The number of nitrogens with one attached hydrogen (secondary N) is 2. The van der Waals surface area contributed by atoms with Gasteiger partial charge in [0.1, 0.15) is 10.0 Å². The van der Waals surface area contributed by atoms with Gasteiger partial charge in [-0.05, 0) is 36.6 Å². The number of carbonyl (C=O) groups is 1. The van der Waals surface area contributed by atoms with Gasteiger partial charge in [-0.1, -0.05) is 17.7 Å². The van der Waals surface area contributed by atoms with Crippen LogP contribution in [0.2, 0.25) is 5.02 Å². The van der Waals surface area contributed by atoms with Gasteiger partial charge in [0.25, 0.3) is 10.0 Å². The van der Waals surface area contributed by atoms with Gasteiger partial charge >= 0.3 is 0 Å². The summed E-state index contributed by atoms with van der Waals surface area (Å²) in [5.41, 5.74) is 0.189. The molecular formula is C13H12ClFN2O3S2. The summed E-state index contributed by atoms with van der Waals surface area (Å²) in [7, 11) is -3.76. The second-order valence-electron chi connectivity index (χ2n) is 4.39. The van der Waals surface area contributed by atoms with Gasteiger partial charge in [-0.3, -0.25) is 4.79 Å². The lowest BCUT2D eigenvalue weighted by atomic mass is 10.3. The molecule has 0 aliphatic carbocycles. The molecule has 5 nitrogen and oxygen atoms in total. The van der Waals surface area contributed by atoms with E-state index in [9.17, 15) is 17.6 Å². The van der Waals surface area contributed by atoms with E-state index in [4.69, 9.17) is 11.6 Å². The molecule has 0 saturated carbocycles. The average Bonchev–Trinajstić information content (AvgIpc) is 2.97. The van der Waals surface area contributed by atoms with Gasteiger partial charge in [0.15, 0.2) is 0 Å². The fourth-order valence-corrected chi connectivity index (χ4v) is 3.92. The van der Waals surface area contributed by atoms with Crippen molar-refractivity contribution in [3.63, 3.8) is 0 Å². The third-order valence-corrected chi connectivity index (χ3v) is 5.92. The lowest BCUT2D eigenvalue weighted by Gasteiger charge is -2.14. The topological polar surface area (TPSA) is 75.3 Å². The number of hydrogen-bond acceptors (Lipinski definition) is 4. The van der Waals surface area contributed by atoms with Crippen molar-refractivity contribution in [3.05, 3.63) is 46.6 Å². The Balaban J connectivity index is 2.05. The zero-order chi connectivity index (χ0) is 16.3. The van der Waals surface area contributed by atoms with Gasteiger partial charge in [-0.25, -0.2) is 12.8 Å². The van der Waals surface area contributed by atoms with Crippen molar-refractivity contribution in [3.8, 4) is 0 Å². The summed E-state index contributed by atoms with van der Waals surface area (Å²) in [6.45, 7) is 1.40. The summed E-state index contributed by atoms with van der Waals surface area (Å²) in [4.78, 5) is 12.0. The van der Waals surface area contributed by atoms with Crippen molar-refractivity contribution < 1.29 is 17.6 Å². The van der Waals surface area contributed by atoms with Crippen LogP contribution in [0.5, 0.6) is 0 Å². The molecule has 0 radical (unpaired) electrons. The van der Waals surface area contributed by atoms with Crippen LogP contribution in [0.3, 0.4) is 0 Å². The molecule has 1 aromatic carbocycles. The number of carbonyl (C=O) groups excluding carboxylic acids is 1. The Bertz CT molecular complexity index is 779. The van der Waals surface area contributed by atoms with Gasteiger partial charge in [0.05, 0.1) is 11.1 Å². The second-order valence-corrected chi connectivity index (χ2v) is 7.69. The highest BCUT2D eigenvalue weighted by Crippen LogP contribution is 2.19. The van der Waals surface area contributed by atoms with Crippen molar-refractivity contribution in [2.45, 2.75) is 17.2 Å². The zero-order valence-electron chi connectivity index (χ0n) is 11.3. The number of halogens is 2. The average molecular weight is 363 g/mol. The number of rotatable bonds is 5. The molecule has 0 aliphatic heterocycles. The third kappa shape index (κ3) is 4.04. The molecule has 1 aromatic heterocycles. The molecule has 0 bridgehead atoms. The minimum Gasteiger partial charge on any atom is -0.325 e. The summed E-state index contributed by atoms with van der Waals surface area (Å²) in [5, 5.41) is 3.97. The van der Waals surface area contributed by atoms with E-state index in [1.165, 1.54) is 25.1 Å². The summed E-state index contributed by atoms with van der Waals surface area (Å²) in [6, 6.07) is 5.79. The van der Waals surface area contributed by atoms with Crippen LogP contribution in [0.1, 0.15) is 6.92 Å². The van der Waals surface area contributed by atoms with E-state index < -0.39 is 27.8 Å². The zero-order valence-corrected chi connectivity index (χ0v) is 13.7. The Hall–Kier alpha value is -1.48. The standard InChI is InChI=1S/C13H12ClFN2O3S2/c1-8(17-22(19,20)12-3-2-6-21-12)13(18)16-9-4-5-10(14)11(15)7-9/h2-8,17H,1H3,(H,16,18). The summed E-state index contributed by atoms with van der Waals surface area (Å²) in [6.07, 6.45) is 0. The molecule has 118 valence electrons. The second kappa shape index (κ2) is 6.74. The maximum absolute atomic E-state index is 13.3. The number of thiophene rings is 1. The molecule has 2 N–H and O–H groups in total. The smallest absolute Gasteiger partial charge is 0.250 e. The fourth-order valence-electron chi connectivity index (χ4n) is 1.59. The van der Waals surface area contributed by atoms with Gasteiger partial charge in [-0.15, -0.1) is 11.3 Å². The lowest BCUT2D eigenvalue weighted by Crippen LogP contribution is -2.41. The predicted octanol–water partition coefficient (Wildman–Crippen LogP) is 2.85. The molecule has 1 unspecified atom stereocenters. The summed E-state index contributed by atoms with van der Waals surface area (Å²) >= 11 is 6.59. The minimum atomic E-state index is -3.76. The Morgan fingerprint density at radius 3 is 2.68 bits per heavy atom. The monoisotopic (exact) mass is 362 g/mol. The van der Waals surface area contributed by atoms with Crippen LogP contribution < -0.4 is 10.0 Å². The first-order chi connectivity index (χ1) is 10.3. The Kier molecular flexibility index (Phi) is 5.17. The van der Waals surface area contributed by atoms with Crippen molar-refractivity contribution in [2.24, 2.45) is 0 Å². The van der Waals surface area contributed by atoms with E-state index in [2.05, 4.69) is 10.0 Å². The van der Waals surface area contributed by atoms with Crippen molar-refractivity contribution in [1.82, 2.24) is 4.72 Å². The van der Waals surface area contributed by atoms with Crippen molar-refractivity contribution >= 4 is 44.6 Å². The maximum Gasteiger partial charge on any atom is 0.250 e. The van der Waals surface area contributed by atoms with Crippen LogP contribution in [-0.4, -0.2) is 20.4 Å². The van der Waals surface area contributed by atoms with E-state index in [0.29, 0.717) is 0 Å². The molecule has 0 fully saturated rings. The third-order valence-electron chi connectivity index (χ3n) is 2.67. The normalized spacial score (nSPS) is 12.9. The highest BCUT2D eigenvalue weighted by molar-refractivity contribution is 7.91. The van der Waals surface area contributed by atoms with Crippen LogP contribution >= 0.6 is 22.9 Å². The van der Waals surface area contributed by atoms with Crippen LogP contribution in [-0.2, 0) is 14.8 Å². The minimum absolute atomic E-state index is 0.0653. The van der Waals surface area contributed by atoms with Gasteiger partial charge in [0, 0.05) is 5.69 Å². The van der Waals surface area contributed by atoms with Crippen LogP contribution in [0.4, 0.5) is 10.1 Å². The van der Waals surface area contributed by atoms with Crippen molar-refractivity contribution in [2.75, 3.05) is 5.32 Å². The summed E-state index contributed by atoms with van der Waals surface area (Å²) in [5.74, 6) is -1.28. The lowest BCUT2D eigenvalue weighted by molar-refractivity contribution is -0.117. The van der Waals surface area contributed by atoms with Gasteiger partial charge < -0.3 is 5.32 Å². The van der Waals surface area contributed by atoms with E-state index in [0.717, 1.165) is 17.4 Å². The maximum atomic E-state index is 13.3. The molecule has 0 spiro atoms. The molecule has 2 rings (SSSR count). The SMILES string of the molecule is CC(NS(=O)(=O)c1cccs1)C(=O)Nc1ccc(Cl)c(F)c1. The molecule has 2 aromatic rings. The molecule has 9 heteroatoms. The molecule has 1 heterocycles. The van der Waals surface area contributed by atoms with Gasteiger partial charge in [0.2, 0.25) is 5.91 Å². The summed E-state index contributed by atoms with van der Waals surface area (Å²) < 4.78 is 39.7. The van der Waals surface area contributed by atoms with E-state index in [1.54, 1.807) is 11.4 Å². The molecule has 0 aliphatic rings. The number of hydrogen-bond donors (Lipinski definition) is 2. The van der Waals surface area contributed by atoms with Crippen LogP contribution in [0.25, 0.3) is 0 Å². The van der Waals surface area contributed by atoms with Crippen molar-refractivity contribution in [1.29, 1.82) is 0 Å². The largest absolute Gasteiger partial charge is 0.325 e. The number of sulfonamides is 1. The first kappa shape index (κ1) is 16.9. The first-order valence-electron chi connectivity index (χ1n) is 6.11. The van der Waals surface area contributed by atoms with E-state index in [1.807, 2.05) is 0 Å². The molecule has 1 amide bonds. The van der Waals surface area contributed by atoms with E-state index >= 15 is 0 Å². The Morgan fingerprint density at radius 2 is 2.09 bits per heavy atom. The van der Waals surface area contributed by atoms with E-state index in [-0.39, 0.29) is 14.9 Å².